The summed E-state index contributed by atoms with van der Waals surface area (Å²) in [6.07, 6.45) is 1.03. The monoisotopic (exact) mass is 187 g/mol. The van der Waals surface area contributed by atoms with Crippen molar-refractivity contribution in [3.8, 4) is 0 Å². The Bertz CT molecular complexity index is 137. The van der Waals surface area contributed by atoms with Gasteiger partial charge in [-0.05, 0) is 12.3 Å². The van der Waals surface area contributed by atoms with Gasteiger partial charge in [0.1, 0.15) is 0 Å². The number of hydrogen-bond donors (Lipinski definition) is 3. The fourth-order valence-electron chi connectivity index (χ4n) is 0.867. The van der Waals surface area contributed by atoms with Gasteiger partial charge in [-0.25, -0.2) is 0 Å². The molecule has 0 bridgehead atoms. The Morgan fingerprint density at radius 2 is 2.08 bits per heavy atom. The van der Waals surface area contributed by atoms with E-state index in [0.29, 0.717) is 25.6 Å². The molecule has 78 valence electrons. The first kappa shape index (κ1) is 12.4. The Labute approximate surface area is 80.3 Å². The smallest absolute Gasteiger partial charge is 0.233 e. The van der Waals surface area contributed by atoms with Crippen molar-refractivity contribution in [1.82, 2.24) is 10.6 Å². The highest BCUT2D eigenvalue weighted by molar-refractivity contribution is 5.77. The number of hydrogen-bond acceptors (Lipinski definition) is 3. The summed E-state index contributed by atoms with van der Waals surface area (Å²) in [6, 6.07) is 0. The first-order valence-electron chi connectivity index (χ1n) is 4.84. The number of carbonyl (C=O) groups is 1. The molecular weight excluding hydrogens is 166 g/mol. The number of rotatable bonds is 7. The Morgan fingerprint density at radius 1 is 1.38 bits per heavy atom. The Hall–Kier alpha value is -0.610. The maximum absolute atomic E-state index is 11.1. The van der Waals surface area contributed by atoms with Crippen molar-refractivity contribution in [2.45, 2.75) is 20.3 Å². The van der Waals surface area contributed by atoms with Gasteiger partial charge >= 0.3 is 0 Å². The predicted molar refractivity (Wildman–Crippen MR) is 54.4 cm³/mol. The molecule has 0 radical (unpaired) electrons. The second-order valence-electron chi connectivity index (χ2n) is 3.50. The van der Waals surface area contributed by atoms with Gasteiger partial charge in [0.25, 0.3) is 0 Å². The Kier molecular flexibility index (Phi) is 7.63. The fourth-order valence-corrected chi connectivity index (χ4v) is 0.867. The lowest BCUT2D eigenvalue weighted by atomic mass is 10.1. The van der Waals surface area contributed by atoms with Crippen LogP contribution in [-0.2, 0) is 4.79 Å². The molecule has 0 aromatic carbocycles. The molecule has 0 atom stereocenters. The van der Waals surface area contributed by atoms with E-state index >= 15 is 0 Å². The number of nitrogens with two attached hydrogens (primary N) is 1. The summed E-state index contributed by atoms with van der Waals surface area (Å²) in [5.41, 5.74) is 5.26. The predicted octanol–water partition coefficient (Wildman–Crippen LogP) is -0.303. The minimum absolute atomic E-state index is 0.0501. The molecule has 0 aliphatic rings. The van der Waals surface area contributed by atoms with Crippen molar-refractivity contribution in [3.63, 3.8) is 0 Å². The first-order chi connectivity index (χ1) is 6.16. The molecule has 4 heteroatoms. The lowest BCUT2D eigenvalue weighted by Crippen LogP contribution is -2.36. The molecular formula is C9H21N3O. The molecule has 0 aromatic heterocycles. The Morgan fingerprint density at radius 3 is 2.62 bits per heavy atom. The van der Waals surface area contributed by atoms with Gasteiger partial charge in [0.2, 0.25) is 5.91 Å². The standard InChI is InChI=1S/C9H21N3O/c1-8(2)3-5-12-9(13)7-11-6-4-10/h8,11H,3-7,10H2,1-2H3,(H,12,13). The van der Waals surface area contributed by atoms with Crippen LogP contribution < -0.4 is 16.4 Å². The van der Waals surface area contributed by atoms with Gasteiger partial charge in [0.15, 0.2) is 0 Å². The van der Waals surface area contributed by atoms with Crippen molar-refractivity contribution in [2.24, 2.45) is 11.7 Å². The van der Waals surface area contributed by atoms with Crippen molar-refractivity contribution in [3.05, 3.63) is 0 Å². The SMILES string of the molecule is CC(C)CCNC(=O)CNCCN. The zero-order valence-corrected chi connectivity index (χ0v) is 8.60. The second-order valence-corrected chi connectivity index (χ2v) is 3.50. The van der Waals surface area contributed by atoms with Crippen molar-refractivity contribution < 1.29 is 4.79 Å². The zero-order valence-electron chi connectivity index (χ0n) is 8.60. The van der Waals surface area contributed by atoms with Crippen LogP contribution in [0.25, 0.3) is 0 Å². The topological polar surface area (TPSA) is 67.2 Å². The lowest BCUT2D eigenvalue weighted by molar-refractivity contribution is -0.120. The summed E-state index contributed by atoms with van der Waals surface area (Å²) in [4.78, 5) is 11.1. The minimum atomic E-state index is 0.0501. The minimum Gasteiger partial charge on any atom is -0.355 e. The third kappa shape index (κ3) is 9.30. The van der Waals surface area contributed by atoms with E-state index < -0.39 is 0 Å². The summed E-state index contributed by atoms with van der Waals surface area (Å²) >= 11 is 0. The van der Waals surface area contributed by atoms with Crippen LogP contribution >= 0.6 is 0 Å². The molecule has 0 saturated heterocycles. The molecule has 0 unspecified atom stereocenters. The molecule has 4 nitrogen and oxygen atoms in total. The molecule has 13 heavy (non-hydrogen) atoms. The van der Waals surface area contributed by atoms with E-state index in [2.05, 4.69) is 24.5 Å². The average molecular weight is 187 g/mol. The molecule has 0 rings (SSSR count). The summed E-state index contributed by atoms with van der Waals surface area (Å²) in [5.74, 6) is 0.686. The molecule has 0 aliphatic heterocycles. The molecule has 1 amide bonds. The van der Waals surface area contributed by atoms with Crippen LogP contribution in [0.4, 0.5) is 0 Å². The number of carbonyl (C=O) groups excluding carboxylic acids is 1. The first-order valence-corrected chi connectivity index (χ1v) is 4.84. The van der Waals surface area contributed by atoms with Crippen LogP contribution in [0.1, 0.15) is 20.3 Å². The summed E-state index contributed by atoms with van der Waals surface area (Å²) in [5, 5.41) is 5.77. The van der Waals surface area contributed by atoms with Gasteiger partial charge in [-0.1, -0.05) is 13.8 Å². The van der Waals surface area contributed by atoms with Crippen LogP contribution in [0.3, 0.4) is 0 Å². The van der Waals surface area contributed by atoms with E-state index in [1.807, 2.05) is 0 Å². The van der Waals surface area contributed by atoms with Crippen LogP contribution in [-0.4, -0.2) is 32.1 Å². The van der Waals surface area contributed by atoms with Crippen molar-refractivity contribution >= 4 is 5.91 Å². The Balaban J connectivity index is 3.20. The normalized spacial score (nSPS) is 10.5. The quantitative estimate of drug-likeness (QED) is 0.479. The summed E-state index contributed by atoms with van der Waals surface area (Å²) in [7, 11) is 0. The second kappa shape index (κ2) is 8.01. The van der Waals surface area contributed by atoms with Crippen LogP contribution in [0.2, 0.25) is 0 Å². The van der Waals surface area contributed by atoms with E-state index in [9.17, 15) is 4.79 Å². The molecule has 0 fully saturated rings. The molecule has 0 aromatic rings. The van der Waals surface area contributed by atoms with E-state index in [1.165, 1.54) is 0 Å². The van der Waals surface area contributed by atoms with Gasteiger partial charge in [0, 0.05) is 19.6 Å². The highest BCUT2D eigenvalue weighted by Crippen LogP contribution is 1.95. The highest BCUT2D eigenvalue weighted by Gasteiger charge is 1.99. The third-order valence-electron chi connectivity index (χ3n) is 1.65. The van der Waals surface area contributed by atoms with Crippen LogP contribution in [0.5, 0.6) is 0 Å². The van der Waals surface area contributed by atoms with E-state index in [0.717, 1.165) is 13.0 Å². The average Bonchev–Trinajstić information content (AvgIpc) is 2.04. The molecule has 0 spiro atoms. The molecule has 0 aliphatic carbocycles. The highest BCUT2D eigenvalue weighted by atomic mass is 16.1. The van der Waals surface area contributed by atoms with Crippen LogP contribution in [0, 0.1) is 5.92 Å². The maximum Gasteiger partial charge on any atom is 0.233 e. The summed E-state index contributed by atoms with van der Waals surface area (Å²) in [6.45, 7) is 6.67. The zero-order chi connectivity index (χ0) is 10.1. The van der Waals surface area contributed by atoms with Gasteiger partial charge in [-0.3, -0.25) is 4.79 Å². The largest absolute Gasteiger partial charge is 0.355 e. The van der Waals surface area contributed by atoms with Crippen LogP contribution in [0.15, 0.2) is 0 Å². The third-order valence-corrected chi connectivity index (χ3v) is 1.65. The lowest BCUT2D eigenvalue weighted by Gasteiger charge is -2.07. The number of amides is 1. The fraction of sp³-hybridized carbons (Fsp3) is 0.889. The van der Waals surface area contributed by atoms with Crippen molar-refractivity contribution in [2.75, 3.05) is 26.2 Å². The van der Waals surface area contributed by atoms with Crippen molar-refractivity contribution in [1.29, 1.82) is 0 Å². The van der Waals surface area contributed by atoms with Gasteiger partial charge in [-0.2, -0.15) is 0 Å². The van der Waals surface area contributed by atoms with E-state index in [4.69, 9.17) is 5.73 Å². The molecule has 4 N–H and O–H groups in total. The summed E-state index contributed by atoms with van der Waals surface area (Å²) < 4.78 is 0. The van der Waals surface area contributed by atoms with Gasteiger partial charge < -0.3 is 16.4 Å². The number of nitrogens with one attached hydrogen (secondary N) is 2. The van der Waals surface area contributed by atoms with E-state index in [1.54, 1.807) is 0 Å². The van der Waals surface area contributed by atoms with Gasteiger partial charge in [0.05, 0.1) is 6.54 Å². The molecule has 0 saturated carbocycles. The molecule has 0 heterocycles. The maximum atomic E-state index is 11.1. The van der Waals surface area contributed by atoms with Gasteiger partial charge in [-0.15, -0.1) is 0 Å². The van der Waals surface area contributed by atoms with E-state index in [-0.39, 0.29) is 5.91 Å².